The highest BCUT2D eigenvalue weighted by Crippen LogP contribution is 2.20. The van der Waals surface area contributed by atoms with E-state index in [2.05, 4.69) is 22.8 Å². The largest absolute Gasteiger partial charge is 0.444 e. The summed E-state index contributed by atoms with van der Waals surface area (Å²) in [5, 5.41) is 6.54. The SMILES string of the molecule is CC(C)(C)OC(=O)N[C@@H]1CCC[C@H]1NCc1ccccc1. The van der Waals surface area contributed by atoms with Crippen LogP contribution in [0.15, 0.2) is 30.3 Å². The molecule has 1 aliphatic carbocycles. The summed E-state index contributed by atoms with van der Waals surface area (Å²) in [5.74, 6) is 0. The third-order valence-corrected chi connectivity index (χ3v) is 3.63. The molecule has 0 heterocycles. The van der Waals surface area contributed by atoms with Crippen LogP contribution in [0.3, 0.4) is 0 Å². The van der Waals surface area contributed by atoms with E-state index in [1.165, 1.54) is 5.56 Å². The average Bonchev–Trinajstić information content (AvgIpc) is 2.82. The fraction of sp³-hybridized carbons (Fsp3) is 0.588. The van der Waals surface area contributed by atoms with Gasteiger partial charge in [0.15, 0.2) is 0 Å². The highest BCUT2D eigenvalue weighted by Gasteiger charge is 2.29. The van der Waals surface area contributed by atoms with Gasteiger partial charge in [-0.2, -0.15) is 0 Å². The molecular weight excluding hydrogens is 264 g/mol. The topological polar surface area (TPSA) is 50.4 Å². The Morgan fingerprint density at radius 2 is 1.86 bits per heavy atom. The van der Waals surface area contributed by atoms with Crippen molar-refractivity contribution in [2.24, 2.45) is 0 Å². The molecule has 0 saturated heterocycles. The van der Waals surface area contributed by atoms with Gasteiger partial charge in [0, 0.05) is 18.6 Å². The number of carbonyl (C=O) groups is 1. The minimum atomic E-state index is -0.449. The zero-order valence-electron chi connectivity index (χ0n) is 13.2. The first-order chi connectivity index (χ1) is 9.94. The fourth-order valence-corrected chi connectivity index (χ4v) is 2.68. The first kappa shape index (κ1) is 15.8. The van der Waals surface area contributed by atoms with Gasteiger partial charge in [-0.3, -0.25) is 0 Å². The van der Waals surface area contributed by atoms with Crippen molar-refractivity contribution >= 4 is 6.09 Å². The first-order valence-electron chi connectivity index (χ1n) is 7.71. The Kier molecular flexibility index (Phi) is 5.23. The van der Waals surface area contributed by atoms with Crippen LogP contribution in [-0.4, -0.2) is 23.8 Å². The lowest BCUT2D eigenvalue weighted by Crippen LogP contribution is -2.47. The molecule has 4 nitrogen and oxygen atoms in total. The lowest BCUT2D eigenvalue weighted by Gasteiger charge is -2.25. The zero-order chi connectivity index (χ0) is 15.3. The molecule has 21 heavy (non-hydrogen) atoms. The molecule has 1 aliphatic rings. The molecule has 0 bridgehead atoms. The van der Waals surface area contributed by atoms with Gasteiger partial charge in [0.2, 0.25) is 0 Å². The summed E-state index contributed by atoms with van der Waals surface area (Å²) < 4.78 is 5.33. The van der Waals surface area contributed by atoms with Gasteiger partial charge in [0.25, 0.3) is 0 Å². The smallest absolute Gasteiger partial charge is 0.407 e. The Morgan fingerprint density at radius 1 is 1.19 bits per heavy atom. The molecule has 4 heteroatoms. The number of hydrogen-bond donors (Lipinski definition) is 2. The average molecular weight is 290 g/mol. The van der Waals surface area contributed by atoms with E-state index in [9.17, 15) is 4.79 Å². The number of ether oxygens (including phenoxy) is 1. The van der Waals surface area contributed by atoms with Gasteiger partial charge in [-0.25, -0.2) is 4.79 Å². The summed E-state index contributed by atoms with van der Waals surface area (Å²) in [7, 11) is 0. The Labute approximate surface area is 127 Å². The summed E-state index contributed by atoms with van der Waals surface area (Å²) >= 11 is 0. The minimum Gasteiger partial charge on any atom is -0.444 e. The minimum absolute atomic E-state index is 0.156. The van der Waals surface area contributed by atoms with Gasteiger partial charge >= 0.3 is 6.09 Å². The predicted octanol–water partition coefficient (Wildman–Crippen LogP) is 3.22. The number of carbonyl (C=O) groups excluding carboxylic acids is 1. The molecule has 2 rings (SSSR count). The maximum absolute atomic E-state index is 11.9. The fourth-order valence-electron chi connectivity index (χ4n) is 2.68. The Hall–Kier alpha value is -1.55. The molecule has 116 valence electrons. The van der Waals surface area contributed by atoms with Crippen molar-refractivity contribution in [1.29, 1.82) is 0 Å². The highest BCUT2D eigenvalue weighted by atomic mass is 16.6. The molecule has 1 aromatic rings. The summed E-state index contributed by atoms with van der Waals surface area (Å²) in [6.45, 7) is 6.48. The molecule has 1 amide bonds. The number of nitrogens with one attached hydrogen (secondary N) is 2. The van der Waals surface area contributed by atoms with Gasteiger partial charge in [0.1, 0.15) is 5.60 Å². The van der Waals surface area contributed by atoms with Gasteiger partial charge in [-0.05, 0) is 45.6 Å². The van der Waals surface area contributed by atoms with E-state index >= 15 is 0 Å². The second-order valence-corrected chi connectivity index (χ2v) is 6.66. The second-order valence-electron chi connectivity index (χ2n) is 6.66. The van der Waals surface area contributed by atoms with E-state index in [-0.39, 0.29) is 12.1 Å². The summed E-state index contributed by atoms with van der Waals surface area (Å²) in [4.78, 5) is 11.9. The van der Waals surface area contributed by atoms with E-state index in [0.717, 1.165) is 25.8 Å². The summed E-state index contributed by atoms with van der Waals surface area (Å²) in [6.07, 6.45) is 2.91. The van der Waals surface area contributed by atoms with Crippen molar-refractivity contribution in [3.05, 3.63) is 35.9 Å². The van der Waals surface area contributed by atoms with Crippen LogP contribution in [0.25, 0.3) is 0 Å². The molecule has 0 radical (unpaired) electrons. The molecule has 1 aromatic carbocycles. The van der Waals surface area contributed by atoms with E-state index in [1.807, 2.05) is 39.0 Å². The number of alkyl carbamates (subject to hydrolysis) is 1. The Balaban J connectivity index is 1.81. The molecular formula is C17H26N2O2. The molecule has 2 N–H and O–H groups in total. The van der Waals surface area contributed by atoms with Gasteiger partial charge < -0.3 is 15.4 Å². The molecule has 0 aromatic heterocycles. The van der Waals surface area contributed by atoms with Crippen LogP contribution < -0.4 is 10.6 Å². The van der Waals surface area contributed by atoms with Crippen LogP contribution in [-0.2, 0) is 11.3 Å². The maximum Gasteiger partial charge on any atom is 0.407 e. The Morgan fingerprint density at radius 3 is 2.52 bits per heavy atom. The zero-order valence-corrected chi connectivity index (χ0v) is 13.2. The monoisotopic (exact) mass is 290 g/mol. The van der Waals surface area contributed by atoms with Crippen molar-refractivity contribution in [1.82, 2.24) is 10.6 Å². The molecule has 0 aliphatic heterocycles. The van der Waals surface area contributed by atoms with Crippen LogP contribution in [0, 0.1) is 0 Å². The van der Waals surface area contributed by atoms with Crippen molar-refractivity contribution in [2.75, 3.05) is 0 Å². The van der Waals surface area contributed by atoms with Crippen LogP contribution in [0.4, 0.5) is 4.79 Å². The van der Waals surface area contributed by atoms with Crippen molar-refractivity contribution in [3.8, 4) is 0 Å². The van der Waals surface area contributed by atoms with Gasteiger partial charge in [-0.15, -0.1) is 0 Å². The second kappa shape index (κ2) is 6.94. The lowest BCUT2D eigenvalue weighted by molar-refractivity contribution is 0.0498. The predicted molar refractivity (Wildman–Crippen MR) is 84.1 cm³/mol. The normalized spacial score (nSPS) is 22.0. The van der Waals surface area contributed by atoms with Crippen molar-refractivity contribution in [3.63, 3.8) is 0 Å². The summed E-state index contributed by atoms with van der Waals surface area (Å²) in [5.41, 5.74) is 0.816. The van der Waals surface area contributed by atoms with Crippen LogP contribution in [0.5, 0.6) is 0 Å². The van der Waals surface area contributed by atoms with Crippen LogP contribution in [0.1, 0.15) is 45.6 Å². The van der Waals surface area contributed by atoms with Crippen LogP contribution >= 0.6 is 0 Å². The van der Waals surface area contributed by atoms with E-state index in [0.29, 0.717) is 6.04 Å². The third-order valence-electron chi connectivity index (χ3n) is 3.63. The van der Waals surface area contributed by atoms with Crippen molar-refractivity contribution in [2.45, 2.75) is 64.3 Å². The standard InChI is InChI=1S/C17H26N2O2/c1-17(2,3)21-16(20)19-15-11-7-10-14(15)18-12-13-8-5-4-6-9-13/h4-6,8-9,14-15,18H,7,10-12H2,1-3H3,(H,19,20)/t14-,15-/m1/s1. The van der Waals surface area contributed by atoms with Crippen LogP contribution in [0.2, 0.25) is 0 Å². The third kappa shape index (κ3) is 5.38. The number of hydrogen-bond acceptors (Lipinski definition) is 3. The highest BCUT2D eigenvalue weighted by molar-refractivity contribution is 5.68. The quantitative estimate of drug-likeness (QED) is 0.895. The number of amides is 1. The van der Waals surface area contributed by atoms with E-state index in [1.54, 1.807) is 0 Å². The number of rotatable bonds is 4. The first-order valence-corrected chi connectivity index (χ1v) is 7.71. The summed E-state index contributed by atoms with van der Waals surface area (Å²) in [6, 6.07) is 10.8. The molecule has 0 unspecified atom stereocenters. The maximum atomic E-state index is 11.9. The lowest BCUT2D eigenvalue weighted by atomic mass is 10.1. The molecule has 0 spiro atoms. The number of benzene rings is 1. The van der Waals surface area contributed by atoms with Crippen molar-refractivity contribution < 1.29 is 9.53 Å². The Bertz CT molecular complexity index is 454. The molecule has 1 saturated carbocycles. The van der Waals surface area contributed by atoms with Gasteiger partial charge in [0.05, 0.1) is 0 Å². The molecule has 1 fully saturated rings. The molecule has 2 atom stereocenters. The van der Waals surface area contributed by atoms with Gasteiger partial charge in [-0.1, -0.05) is 30.3 Å². The van der Waals surface area contributed by atoms with E-state index < -0.39 is 5.60 Å². The van der Waals surface area contributed by atoms with E-state index in [4.69, 9.17) is 4.74 Å².